The number of hydrogen-bond acceptors (Lipinski definition) is 1. The van der Waals surface area contributed by atoms with E-state index in [-0.39, 0.29) is 11.4 Å². The van der Waals surface area contributed by atoms with E-state index in [4.69, 9.17) is 0 Å². The van der Waals surface area contributed by atoms with Gasteiger partial charge < -0.3 is 9.80 Å². The molecule has 1 N–H and O–H groups in total. The molecule has 1 aliphatic heterocycles. The Morgan fingerprint density at radius 3 is 1.96 bits per heavy atom. The molecule has 1 saturated heterocycles. The summed E-state index contributed by atoms with van der Waals surface area (Å²) in [7, 11) is 4.11. The van der Waals surface area contributed by atoms with Crippen LogP contribution in [-0.4, -0.2) is 43.1 Å². The van der Waals surface area contributed by atoms with Crippen molar-refractivity contribution in [3.63, 3.8) is 0 Å². The smallest absolute Gasteiger partial charge is 0.235 e. The van der Waals surface area contributed by atoms with E-state index in [1.165, 1.54) is 19.4 Å². The molecule has 1 aliphatic rings. The zero-order valence-corrected chi connectivity index (χ0v) is 17.2. The quantitative estimate of drug-likeness (QED) is 0.766. The van der Waals surface area contributed by atoms with Crippen molar-refractivity contribution in [3.05, 3.63) is 71.8 Å². The first-order chi connectivity index (χ1) is 12.9. The van der Waals surface area contributed by atoms with Crippen LogP contribution in [0.15, 0.2) is 60.7 Å². The maximum absolute atomic E-state index is 13.4. The van der Waals surface area contributed by atoms with Gasteiger partial charge in [0.25, 0.3) is 0 Å². The van der Waals surface area contributed by atoms with E-state index >= 15 is 0 Å². The standard InChI is InChI=1S/C24H32N2O/c1-23(2)16-11-18-26(23,4)19-17-24(22(27)25-3,20-12-7-5-8-13-20)21-14-9-6-10-15-21/h5-10,12-15H,11,16-19H2,1-4H3/p+1. The van der Waals surface area contributed by atoms with Gasteiger partial charge in [-0.1, -0.05) is 60.7 Å². The predicted molar refractivity (Wildman–Crippen MR) is 112 cm³/mol. The van der Waals surface area contributed by atoms with Crippen molar-refractivity contribution in [1.29, 1.82) is 0 Å². The minimum atomic E-state index is -0.669. The number of nitrogens with one attached hydrogen (secondary N) is 1. The van der Waals surface area contributed by atoms with Gasteiger partial charge in [0, 0.05) is 26.3 Å². The van der Waals surface area contributed by atoms with Gasteiger partial charge in [-0.25, -0.2) is 0 Å². The molecule has 3 heteroatoms. The highest BCUT2D eigenvalue weighted by Gasteiger charge is 2.48. The molecule has 3 nitrogen and oxygen atoms in total. The van der Waals surface area contributed by atoms with Crippen molar-refractivity contribution in [2.75, 3.05) is 27.2 Å². The predicted octanol–water partition coefficient (Wildman–Crippen LogP) is 4.13. The average molecular weight is 366 g/mol. The minimum Gasteiger partial charge on any atom is -0.358 e. The van der Waals surface area contributed by atoms with Gasteiger partial charge in [0.1, 0.15) is 5.41 Å². The van der Waals surface area contributed by atoms with Crippen molar-refractivity contribution in [2.24, 2.45) is 0 Å². The molecule has 1 amide bonds. The Balaban J connectivity index is 2.08. The fourth-order valence-electron chi connectivity index (χ4n) is 4.75. The first kappa shape index (κ1) is 19.6. The fraction of sp³-hybridized carbons (Fsp3) is 0.458. The van der Waals surface area contributed by atoms with Crippen LogP contribution in [-0.2, 0) is 10.2 Å². The van der Waals surface area contributed by atoms with Crippen molar-refractivity contribution in [3.8, 4) is 0 Å². The Morgan fingerprint density at radius 1 is 1.04 bits per heavy atom. The highest BCUT2D eigenvalue weighted by atomic mass is 16.2. The van der Waals surface area contributed by atoms with Gasteiger partial charge in [-0.2, -0.15) is 0 Å². The molecule has 0 aliphatic carbocycles. The van der Waals surface area contributed by atoms with Gasteiger partial charge >= 0.3 is 0 Å². The lowest BCUT2D eigenvalue weighted by molar-refractivity contribution is -0.943. The number of hydrogen-bond donors (Lipinski definition) is 1. The van der Waals surface area contributed by atoms with Gasteiger partial charge in [0.2, 0.25) is 5.91 Å². The summed E-state index contributed by atoms with van der Waals surface area (Å²) in [5.74, 6) is 0.0727. The molecule has 2 aromatic carbocycles. The number of nitrogens with zero attached hydrogens (tertiary/aromatic N) is 1. The van der Waals surface area contributed by atoms with Gasteiger partial charge in [-0.05, 0) is 25.0 Å². The third-order valence-corrected chi connectivity index (χ3v) is 7.03. The van der Waals surface area contributed by atoms with Crippen LogP contribution in [0.5, 0.6) is 0 Å². The van der Waals surface area contributed by atoms with E-state index < -0.39 is 5.41 Å². The Bertz CT molecular complexity index is 730. The average Bonchev–Trinajstić information content (AvgIpc) is 2.96. The molecular weight excluding hydrogens is 332 g/mol. The number of likely N-dealkylation sites (N-methyl/N-ethyl adjacent to an activating group) is 1. The normalized spacial score (nSPS) is 21.8. The lowest BCUT2D eigenvalue weighted by atomic mass is 9.70. The van der Waals surface area contributed by atoms with Crippen molar-refractivity contribution in [1.82, 2.24) is 5.32 Å². The van der Waals surface area contributed by atoms with Crippen LogP contribution in [0.1, 0.15) is 44.2 Å². The maximum atomic E-state index is 13.4. The Labute approximate surface area is 164 Å². The second-order valence-corrected chi connectivity index (χ2v) is 8.73. The second kappa shape index (κ2) is 7.47. The Morgan fingerprint density at radius 2 is 1.56 bits per heavy atom. The van der Waals surface area contributed by atoms with Crippen LogP contribution >= 0.6 is 0 Å². The van der Waals surface area contributed by atoms with E-state index in [0.29, 0.717) is 0 Å². The Hall–Kier alpha value is -2.13. The molecular formula is C24H33N2O+. The van der Waals surface area contributed by atoms with Crippen molar-refractivity contribution in [2.45, 2.75) is 44.1 Å². The maximum Gasteiger partial charge on any atom is 0.235 e. The molecule has 1 fully saturated rings. The van der Waals surface area contributed by atoms with Crippen LogP contribution in [0.3, 0.4) is 0 Å². The molecule has 3 rings (SSSR count). The lowest BCUT2D eigenvalue weighted by Gasteiger charge is -2.45. The number of quaternary nitrogens is 1. The minimum absolute atomic E-state index is 0.0727. The monoisotopic (exact) mass is 365 g/mol. The Kier molecular flexibility index (Phi) is 5.43. The summed E-state index contributed by atoms with van der Waals surface area (Å²) in [6.45, 7) is 6.89. The number of benzene rings is 2. The fourth-order valence-corrected chi connectivity index (χ4v) is 4.75. The third-order valence-electron chi connectivity index (χ3n) is 7.03. The summed E-state index contributed by atoms with van der Waals surface area (Å²) >= 11 is 0. The van der Waals surface area contributed by atoms with Crippen LogP contribution in [0.25, 0.3) is 0 Å². The van der Waals surface area contributed by atoms with Gasteiger partial charge in [0.15, 0.2) is 0 Å². The molecule has 2 aromatic rings. The number of likely N-dealkylation sites (tertiary alicyclic amines) is 1. The van der Waals surface area contributed by atoms with E-state index in [0.717, 1.165) is 28.6 Å². The summed E-state index contributed by atoms with van der Waals surface area (Å²) in [6, 6.07) is 20.5. The van der Waals surface area contributed by atoms with Gasteiger partial charge in [-0.3, -0.25) is 4.79 Å². The molecule has 0 bridgehead atoms. The van der Waals surface area contributed by atoms with Crippen LogP contribution in [0.2, 0.25) is 0 Å². The first-order valence-electron chi connectivity index (χ1n) is 10.0. The molecule has 0 radical (unpaired) electrons. The largest absolute Gasteiger partial charge is 0.358 e. The first-order valence-corrected chi connectivity index (χ1v) is 10.0. The summed E-state index contributed by atoms with van der Waals surface area (Å²) < 4.78 is 1.02. The number of carbonyl (C=O) groups is 1. The summed E-state index contributed by atoms with van der Waals surface area (Å²) in [4.78, 5) is 13.4. The number of rotatable bonds is 6. The van der Waals surface area contributed by atoms with Crippen LogP contribution in [0.4, 0.5) is 0 Å². The van der Waals surface area contributed by atoms with Gasteiger partial charge in [0.05, 0.1) is 25.7 Å². The zero-order valence-electron chi connectivity index (χ0n) is 17.2. The van der Waals surface area contributed by atoms with Gasteiger partial charge in [-0.15, -0.1) is 0 Å². The van der Waals surface area contributed by atoms with E-state index in [1.807, 2.05) is 36.4 Å². The van der Waals surface area contributed by atoms with Crippen LogP contribution < -0.4 is 5.32 Å². The number of amides is 1. The highest BCUT2D eigenvalue weighted by Crippen LogP contribution is 2.41. The van der Waals surface area contributed by atoms with E-state index in [9.17, 15) is 4.79 Å². The molecule has 1 heterocycles. The van der Waals surface area contributed by atoms with Crippen LogP contribution in [0, 0.1) is 0 Å². The molecule has 27 heavy (non-hydrogen) atoms. The van der Waals surface area contributed by atoms with E-state index in [2.05, 4.69) is 50.5 Å². The molecule has 1 unspecified atom stereocenters. The van der Waals surface area contributed by atoms with Crippen molar-refractivity contribution < 1.29 is 9.28 Å². The summed E-state index contributed by atoms with van der Waals surface area (Å²) in [6.07, 6.45) is 3.29. The highest BCUT2D eigenvalue weighted by molar-refractivity contribution is 5.92. The molecule has 144 valence electrons. The zero-order chi connectivity index (χ0) is 19.5. The second-order valence-electron chi connectivity index (χ2n) is 8.73. The van der Waals surface area contributed by atoms with Crippen molar-refractivity contribution >= 4 is 5.91 Å². The molecule has 1 atom stereocenters. The lowest BCUT2D eigenvalue weighted by Crippen LogP contribution is -2.57. The molecule has 0 spiro atoms. The summed E-state index contributed by atoms with van der Waals surface area (Å²) in [5.41, 5.74) is 1.72. The topological polar surface area (TPSA) is 29.1 Å². The summed E-state index contributed by atoms with van der Waals surface area (Å²) in [5, 5.41) is 2.97. The molecule has 0 saturated carbocycles. The third kappa shape index (κ3) is 3.41. The SMILES string of the molecule is CNC(=O)C(CC[N+]1(C)CCCC1(C)C)(c1ccccc1)c1ccccc1. The van der Waals surface area contributed by atoms with E-state index in [1.54, 1.807) is 7.05 Å². The molecule has 0 aromatic heterocycles. The number of carbonyl (C=O) groups excluding carboxylic acids is 1.